The summed E-state index contributed by atoms with van der Waals surface area (Å²) < 4.78 is 26.0. The second-order valence-corrected chi connectivity index (χ2v) is 7.63. The maximum atomic E-state index is 12.6. The summed E-state index contributed by atoms with van der Waals surface area (Å²) in [5.41, 5.74) is 1.82. The third kappa shape index (κ3) is 2.71. The van der Waals surface area contributed by atoms with Crippen molar-refractivity contribution in [3.8, 4) is 11.4 Å². The van der Waals surface area contributed by atoms with E-state index in [9.17, 15) is 8.42 Å². The van der Waals surface area contributed by atoms with Crippen molar-refractivity contribution >= 4 is 25.8 Å². The zero-order chi connectivity index (χ0) is 15.7. The monoisotopic (exact) mass is 376 g/mol. The fourth-order valence-electron chi connectivity index (χ4n) is 2.07. The first kappa shape index (κ1) is 15.0. The zero-order valence-corrected chi connectivity index (χ0v) is 14.1. The summed E-state index contributed by atoms with van der Waals surface area (Å²) in [6, 6.07) is 14.2. The number of hydrogen-bond acceptors (Lipinski definition) is 3. The number of imidazole rings is 1. The molecule has 0 amide bonds. The van der Waals surface area contributed by atoms with Crippen LogP contribution in [0.3, 0.4) is 0 Å². The first-order chi connectivity index (χ1) is 10.5. The minimum atomic E-state index is -3.61. The molecule has 3 rings (SSSR count). The number of halogens is 1. The highest BCUT2D eigenvalue weighted by atomic mass is 79.9. The van der Waals surface area contributed by atoms with Gasteiger partial charge in [-0.05, 0) is 25.1 Å². The molecule has 0 spiro atoms. The fourth-order valence-corrected chi connectivity index (χ4v) is 3.71. The summed E-state index contributed by atoms with van der Waals surface area (Å²) in [7, 11) is -3.61. The normalized spacial score (nSPS) is 11.5. The van der Waals surface area contributed by atoms with Gasteiger partial charge in [-0.3, -0.25) is 0 Å². The van der Waals surface area contributed by atoms with Gasteiger partial charge >= 0.3 is 0 Å². The number of aromatic amines is 1. The first-order valence-electron chi connectivity index (χ1n) is 6.60. The van der Waals surface area contributed by atoms with E-state index in [-0.39, 0.29) is 9.92 Å². The second kappa shape index (κ2) is 5.70. The maximum Gasteiger partial charge on any atom is 0.225 e. The molecule has 0 saturated carbocycles. The van der Waals surface area contributed by atoms with Crippen LogP contribution >= 0.6 is 15.9 Å². The Morgan fingerprint density at radius 3 is 2.41 bits per heavy atom. The van der Waals surface area contributed by atoms with Gasteiger partial charge in [0.1, 0.15) is 5.82 Å². The average molecular weight is 377 g/mol. The fraction of sp³-hybridized carbons (Fsp3) is 0.0625. The van der Waals surface area contributed by atoms with Crippen molar-refractivity contribution in [2.24, 2.45) is 0 Å². The van der Waals surface area contributed by atoms with Crippen LogP contribution < -0.4 is 0 Å². The van der Waals surface area contributed by atoms with Gasteiger partial charge < -0.3 is 4.98 Å². The van der Waals surface area contributed by atoms with Gasteiger partial charge in [0.05, 0.1) is 4.90 Å². The van der Waals surface area contributed by atoms with Crippen molar-refractivity contribution in [1.82, 2.24) is 9.97 Å². The molecule has 22 heavy (non-hydrogen) atoms. The molecule has 1 aromatic heterocycles. The van der Waals surface area contributed by atoms with Crippen molar-refractivity contribution in [3.05, 3.63) is 64.8 Å². The lowest BCUT2D eigenvalue weighted by molar-refractivity contribution is 0.593. The third-order valence-electron chi connectivity index (χ3n) is 3.29. The van der Waals surface area contributed by atoms with Crippen LogP contribution in [0.25, 0.3) is 11.4 Å². The molecule has 2 aromatic carbocycles. The number of H-pyrrole nitrogens is 1. The molecular formula is C16H13BrN2O2S. The minimum Gasteiger partial charge on any atom is -0.343 e. The molecule has 0 unspecified atom stereocenters. The predicted molar refractivity (Wildman–Crippen MR) is 88.4 cm³/mol. The Morgan fingerprint density at radius 1 is 1.05 bits per heavy atom. The number of aromatic nitrogens is 2. The molecule has 0 radical (unpaired) electrons. The molecule has 6 heteroatoms. The van der Waals surface area contributed by atoms with E-state index in [1.165, 1.54) is 6.20 Å². The zero-order valence-electron chi connectivity index (χ0n) is 11.7. The Bertz CT molecular complexity index is 915. The lowest BCUT2D eigenvalue weighted by Crippen LogP contribution is -2.02. The SMILES string of the molecule is Cc1ccc(S(=O)(=O)c2c[nH]c(-c3ccccc3Br)n2)cc1. The molecule has 0 bridgehead atoms. The van der Waals surface area contributed by atoms with E-state index < -0.39 is 9.84 Å². The number of hydrogen-bond donors (Lipinski definition) is 1. The van der Waals surface area contributed by atoms with Crippen molar-refractivity contribution in [2.45, 2.75) is 16.8 Å². The molecule has 4 nitrogen and oxygen atoms in total. The first-order valence-corrected chi connectivity index (χ1v) is 8.88. The van der Waals surface area contributed by atoms with E-state index in [1.807, 2.05) is 31.2 Å². The summed E-state index contributed by atoms with van der Waals surface area (Å²) in [6.45, 7) is 1.91. The standard InChI is InChI=1S/C16H13BrN2O2S/c1-11-6-8-12(9-7-11)22(20,21)15-10-18-16(19-15)13-4-2-3-5-14(13)17/h2-10H,1H3,(H,18,19). The van der Waals surface area contributed by atoms with Crippen molar-refractivity contribution in [1.29, 1.82) is 0 Å². The van der Waals surface area contributed by atoms with E-state index in [2.05, 4.69) is 25.9 Å². The molecule has 0 fully saturated rings. The van der Waals surface area contributed by atoms with Gasteiger partial charge in [-0.1, -0.05) is 51.8 Å². The van der Waals surface area contributed by atoms with Gasteiger partial charge in [0, 0.05) is 16.2 Å². The van der Waals surface area contributed by atoms with Gasteiger partial charge in [-0.2, -0.15) is 0 Å². The highest BCUT2D eigenvalue weighted by Gasteiger charge is 2.21. The summed E-state index contributed by atoms with van der Waals surface area (Å²) >= 11 is 3.44. The molecular weight excluding hydrogens is 364 g/mol. The topological polar surface area (TPSA) is 62.8 Å². The van der Waals surface area contributed by atoms with Crippen LogP contribution in [0, 0.1) is 6.92 Å². The van der Waals surface area contributed by atoms with Gasteiger partial charge in [0.15, 0.2) is 5.03 Å². The summed E-state index contributed by atoms with van der Waals surface area (Å²) in [5.74, 6) is 0.512. The molecule has 0 aliphatic heterocycles. The molecule has 0 atom stereocenters. The van der Waals surface area contributed by atoms with Gasteiger partial charge in [-0.15, -0.1) is 0 Å². The van der Waals surface area contributed by atoms with Crippen LogP contribution in [0.15, 0.2) is 69.1 Å². The highest BCUT2D eigenvalue weighted by Crippen LogP contribution is 2.27. The van der Waals surface area contributed by atoms with E-state index in [0.29, 0.717) is 5.82 Å². The van der Waals surface area contributed by atoms with Gasteiger partial charge in [0.2, 0.25) is 9.84 Å². The van der Waals surface area contributed by atoms with Gasteiger partial charge in [0.25, 0.3) is 0 Å². The van der Waals surface area contributed by atoms with Crippen LogP contribution in [0.5, 0.6) is 0 Å². The largest absolute Gasteiger partial charge is 0.343 e. The molecule has 1 heterocycles. The number of benzene rings is 2. The molecule has 112 valence electrons. The van der Waals surface area contributed by atoms with E-state index in [4.69, 9.17) is 0 Å². The lowest BCUT2D eigenvalue weighted by Gasteiger charge is -2.02. The molecule has 0 aliphatic rings. The van der Waals surface area contributed by atoms with E-state index in [0.717, 1.165) is 15.6 Å². The Kier molecular flexibility index (Phi) is 3.88. The Hall–Kier alpha value is -1.92. The number of aryl methyl sites for hydroxylation is 1. The molecule has 1 N–H and O–H groups in total. The average Bonchev–Trinajstić information content (AvgIpc) is 2.98. The third-order valence-corrected chi connectivity index (χ3v) is 5.63. The maximum absolute atomic E-state index is 12.6. The number of nitrogens with one attached hydrogen (secondary N) is 1. The summed E-state index contributed by atoms with van der Waals surface area (Å²) in [5, 5.41) is 0.0158. The Morgan fingerprint density at radius 2 is 1.73 bits per heavy atom. The van der Waals surface area contributed by atoms with Crippen molar-refractivity contribution in [3.63, 3.8) is 0 Å². The Balaban J connectivity index is 2.03. The van der Waals surface area contributed by atoms with Crippen LogP contribution in [0.1, 0.15) is 5.56 Å². The van der Waals surface area contributed by atoms with Crippen LogP contribution in [-0.2, 0) is 9.84 Å². The van der Waals surface area contributed by atoms with Gasteiger partial charge in [-0.25, -0.2) is 13.4 Å². The second-order valence-electron chi connectivity index (χ2n) is 4.88. The van der Waals surface area contributed by atoms with Crippen LogP contribution in [-0.4, -0.2) is 18.4 Å². The minimum absolute atomic E-state index is 0.0158. The van der Waals surface area contributed by atoms with Crippen molar-refractivity contribution in [2.75, 3.05) is 0 Å². The number of nitrogens with zero attached hydrogens (tertiary/aromatic N) is 1. The Labute approximate surface area is 137 Å². The quantitative estimate of drug-likeness (QED) is 0.751. The molecule has 0 aliphatic carbocycles. The van der Waals surface area contributed by atoms with Crippen LogP contribution in [0.2, 0.25) is 0 Å². The number of rotatable bonds is 3. The molecule has 0 saturated heterocycles. The van der Waals surface area contributed by atoms with Crippen LogP contribution in [0.4, 0.5) is 0 Å². The van der Waals surface area contributed by atoms with E-state index >= 15 is 0 Å². The number of sulfone groups is 1. The lowest BCUT2D eigenvalue weighted by atomic mass is 10.2. The van der Waals surface area contributed by atoms with E-state index in [1.54, 1.807) is 24.3 Å². The summed E-state index contributed by atoms with van der Waals surface area (Å²) in [4.78, 5) is 7.41. The van der Waals surface area contributed by atoms with Crippen molar-refractivity contribution < 1.29 is 8.42 Å². The highest BCUT2D eigenvalue weighted by molar-refractivity contribution is 9.10. The molecule has 3 aromatic rings. The predicted octanol–water partition coefficient (Wildman–Crippen LogP) is 3.98. The summed E-state index contributed by atoms with van der Waals surface area (Å²) in [6.07, 6.45) is 1.42. The smallest absolute Gasteiger partial charge is 0.225 e.